The van der Waals surface area contributed by atoms with Crippen LogP contribution in [0.2, 0.25) is 0 Å². The number of rotatable bonds is 8. The predicted molar refractivity (Wildman–Crippen MR) is 48.1 cm³/mol. The van der Waals surface area contributed by atoms with Crippen molar-refractivity contribution in [3.8, 4) is 0 Å². The molecule has 0 aliphatic heterocycles. The molecule has 0 aromatic rings. The zero-order chi connectivity index (χ0) is 14.6. The summed E-state index contributed by atoms with van der Waals surface area (Å²) in [4.78, 5) is 0. The Morgan fingerprint density at radius 2 is 1.61 bits per heavy atom. The van der Waals surface area contributed by atoms with Gasteiger partial charge < -0.3 is 0 Å². The molecule has 0 fully saturated rings. The molecule has 2 nitrogen and oxygen atoms in total. The van der Waals surface area contributed by atoms with Crippen molar-refractivity contribution in [2.45, 2.75) is 42.2 Å². The zero-order valence-corrected chi connectivity index (χ0v) is 12.1. The molecule has 0 spiro atoms. The Morgan fingerprint density at radius 3 is 2.00 bits per heavy atom. The van der Waals surface area contributed by atoms with Gasteiger partial charge in [-0.15, -0.1) is 0 Å². The second-order valence-corrected chi connectivity index (χ2v) is 7.52. The van der Waals surface area contributed by atoms with Gasteiger partial charge in [0.25, 0.3) is 0 Å². The first-order chi connectivity index (χ1) is 8.09. The molecule has 0 amide bonds. The van der Waals surface area contributed by atoms with Crippen LogP contribution in [0, 0.1) is 0 Å². The van der Waals surface area contributed by atoms with Gasteiger partial charge in [-0.1, -0.05) is 0 Å². The van der Waals surface area contributed by atoms with Crippen molar-refractivity contribution in [3.05, 3.63) is 0 Å². The van der Waals surface area contributed by atoms with Crippen LogP contribution >= 0.6 is 0 Å². The summed E-state index contributed by atoms with van der Waals surface area (Å²) in [5.74, 6) is -11.6. The topological polar surface area (TPSA) is 26.3 Å². The van der Waals surface area contributed by atoms with Gasteiger partial charge in [-0.2, -0.15) is 0 Å². The summed E-state index contributed by atoms with van der Waals surface area (Å²) in [7, 11) is 0. The number of hydrogen-bond acceptors (Lipinski definition) is 2. The Labute approximate surface area is 106 Å². The van der Waals surface area contributed by atoms with E-state index in [4.69, 9.17) is 0 Å². The summed E-state index contributed by atoms with van der Waals surface area (Å²) < 4.78 is 98.1. The van der Waals surface area contributed by atoms with Crippen LogP contribution in [0.1, 0.15) is 19.8 Å². The summed E-state index contributed by atoms with van der Waals surface area (Å²) in [5.41, 5.74) is 0. The Bertz CT molecular complexity index is 285. The first-order valence-electron chi connectivity index (χ1n) is 4.93. The molecule has 0 saturated carbocycles. The van der Waals surface area contributed by atoms with E-state index >= 15 is 0 Å². The molecule has 0 aliphatic rings. The van der Waals surface area contributed by atoms with Crippen molar-refractivity contribution in [1.82, 2.24) is 0 Å². The molecule has 0 N–H and O–H groups in total. The van der Waals surface area contributed by atoms with Crippen LogP contribution in [-0.4, -0.2) is 49.2 Å². The quantitative estimate of drug-likeness (QED) is 0.361. The molecule has 10 heteroatoms. The van der Waals surface area contributed by atoms with Crippen LogP contribution in [0.15, 0.2) is 0 Å². The third-order valence-corrected chi connectivity index (χ3v) is 5.60. The van der Waals surface area contributed by atoms with E-state index < -0.39 is 42.6 Å². The molecular formula is C8H11F7O2Sn. The Morgan fingerprint density at radius 1 is 1.11 bits per heavy atom. The average Bonchev–Trinajstić information content (AvgIpc) is 2.27. The van der Waals surface area contributed by atoms with Gasteiger partial charge in [0.15, 0.2) is 0 Å². The van der Waals surface area contributed by atoms with Crippen LogP contribution in [0.5, 0.6) is 0 Å². The van der Waals surface area contributed by atoms with Crippen molar-refractivity contribution < 1.29 is 36.9 Å². The van der Waals surface area contributed by atoms with Crippen LogP contribution in [0.3, 0.4) is 0 Å². The minimum absolute atomic E-state index is 0.274. The third kappa shape index (κ3) is 4.04. The van der Waals surface area contributed by atoms with Crippen molar-refractivity contribution in [2.24, 2.45) is 0 Å². The molecular weight excluding hydrogens is 380 g/mol. The van der Waals surface area contributed by atoms with E-state index in [-0.39, 0.29) is 13.0 Å². The molecule has 0 heterocycles. The molecule has 1 atom stereocenters. The first-order valence-corrected chi connectivity index (χ1v) is 8.91. The van der Waals surface area contributed by atoms with Crippen LogP contribution in [0.25, 0.3) is 0 Å². The standard InChI is InChI=1S/C4H2F7.C4H9O.O.Sn/c5-1-3(8,9)4(10,11)2(6)7;1-2-3-4-5;;/h1-2H;2-4H2,1H3;;/q;-1;;+1. The fraction of sp³-hybridized carbons (Fsp3) is 1.00. The van der Waals surface area contributed by atoms with Gasteiger partial charge >= 0.3 is 106 Å². The van der Waals surface area contributed by atoms with Crippen LogP contribution in [-0.2, 0) is 6.15 Å². The first kappa shape index (κ1) is 18.1. The number of alkyl halides is 7. The fourth-order valence-corrected chi connectivity index (χ4v) is 3.65. The molecule has 108 valence electrons. The van der Waals surface area contributed by atoms with Gasteiger partial charge in [0.2, 0.25) is 0 Å². The summed E-state index contributed by atoms with van der Waals surface area (Å²) >= 11 is -5.17. The molecule has 0 aliphatic carbocycles. The summed E-state index contributed by atoms with van der Waals surface area (Å²) in [6.45, 7) is 1.34. The summed E-state index contributed by atoms with van der Waals surface area (Å²) in [5, 5.41) is 0. The molecule has 1 unspecified atom stereocenters. The van der Waals surface area contributed by atoms with Gasteiger partial charge in [-0.3, -0.25) is 0 Å². The molecule has 18 heavy (non-hydrogen) atoms. The van der Waals surface area contributed by atoms with E-state index in [9.17, 15) is 33.8 Å². The van der Waals surface area contributed by atoms with E-state index in [1.54, 1.807) is 6.92 Å². The van der Waals surface area contributed by atoms with E-state index in [0.717, 1.165) is 0 Å². The number of halogens is 7. The minimum atomic E-state index is -5.88. The molecule has 0 radical (unpaired) electrons. The normalized spacial score (nSPS) is 14.9. The van der Waals surface area contributed by atoms with Gasteiger partial charge in [0.05, 0.1) is 0 Å². The Hall–Kier alpha value is 0.0687. The van der Waals surface area contributed by atoms with Gasteiger partial charge in [0.1, 0.15) is 0 Å². The molecule has 0 aromatic carbocycles. The zero-order valence-electron chi connectivity index (χ0n) is 9.24. The van der Waals surface area contributed by atoms with E-state index in [0.29, 0.717) is 6.42 Å². The van der Waals surface area contributed by atoms with E-state index in [1.807, 2.05) is 0 Å². The van der Waals surface area contributed by atoms with Gasteiger partial charge in [-0.25, -0.2) is 0 Å². The maximum atomic E-state index is 12.9. The number of hydrogen-bond donors (Lipinski definition) is 0. The summed E-state index contributed by atoms with van der Waals surface area (Å²) in [6, 6.07) is 0. The fourth-order valence-electron chi connectivity index (χ4n) is 0.853. The predicted octanol–water partition coefficient (Wildman–Crippen LogP) is 3.13. The maximum absolute atomic E-state index is 12.9. The number of unbranched alkanes of at least 4 members (excludes halogenated alkanes) is 1. The third-order valence-electron chi connectivity index (χ3n) is 1.99. The van der Waals surface area contributed by atoms with Crippen molar-refractivity contribution in [2.75, 3.05) is 6.61 Å². The second kappa shape index (κ2) is 7.01. The monoisotopic (exact) mass is 392 g/mol. The SMILES string of the molecule is CCCC[O][Sn](=[O])[CH](F)C(F)(F)C(F)(F)C(F)F. The van der Waals surface area contributed by atoms with Gasteiger partial charge in [-0.05, 0) is 0 Å². The van der Waals surface area contributed by atoms with Crippen molar-refractivity contribution in [3.63, 3.8) is 0 Å². The van der Waals surface area contributed by atoms with Crippen LogP contribution in [0.4, 0.5) is 30.7 Å². The van der Waals surface area contributed by atoms with Crippen molar-refractivity contribution >= 4 is 20.2 Å². The van der Waals surface area contributed by atoms with Gasteiger partial charge in [0, 0.05) is 0 Å². The Balaban J connectivity index is 4.74. The van der Waals surface area contributed by atoms with Crippen LogP contribution < -0.4 is 0 Å². The Kier molecular flexibility index (Phi) is 7.04. The second-order valence-electron chi connectivity index (χ2n) is 3.43. The molecule has 0 bridgehead atoms. The molecule has 0 rings (SSSR count). The average molecular weight is 391 g/mol. The van der Waals surface area contributed by atoms with E-state index in [2.05, 4.69) is 3.07 Å². The molecule has 0 saturated heterocycles. The molecule has 0 aromatic heterocycles. The summed E-state index contributed by atoms with van der Waals surface area (Å²) in [6.07, 6.45) is -3.95. The van der Waals surface area contributed by atoms with Crippen molar-refractivity contribution in [1.29, 1.82) is 0 Å². The van der Waals surface area contributed by atoms with E-state index in [1.165, 1.54) is 0 Å².